The van der Waals surface area contributed by atoms with Crippen LogP contribution in [-0.4, -0.2) is 84.7 Å². The molecule has 1 aliphatic heterocycles. The summed E-state index contributed by atoms with van der Waals surface area (Å²) in [6.45, 7) is 10.9. The number of guanidine groups is 1. The smallest absolute Gasteiger partial charge is 0.191 e. The van der Waals surface area contributed by atoms with E-state index in [9.17, 15) is 0 Å². The first-order valence-electron chi connectivity index (χ1n) is 11.5. The molecular formula is C24H43IN4O3. The van der Waals surface area contributed by atoms with Crippen molar-refractivity contribution in [2.24, 2.45) is 4.99 Å². The van der Waals surface area contributed by atoms with E-state index >= 15 is 0 Å². The number of rotatable bonds is 12. The highest BCUT2D eigenvalue weighted by Crippen LogP contribution is 2.40. The van der Waals surface area contributed by atoms with Gasteiger partial charge in [-0.1, -0.05) is 17.7 Å². The molecule has 32 heavy (non-hydrogen) atoms. The lowest BCUT2D eigenvalue weighted by molar-refractivity contribution is 0.0522. The second-order valence-electron chi connectivity index (χ2n) is 8.37. The molecule has 0 bridgehead atoms. The zero-order chi connectivity index (χ0) is 22.5. The third kappa shape index (κ3) is 9.03. The maximum atomic E-state index is 5.73. The van der Waals surface area contributed by atoms with Crippen molar-refractivity contribution in [1.29, 1.82) is 0 Å². The molecular weight excluding hydrogens is 519 g/mol. The van der Waals surface area contributed by atoms with Crippen molar-refractivity contribution in [3.8, 4) is 5.75 Å². The van der Waals surface area contributed by atoms with Gasteiger partial charge in [-0.15, -0.1) is 24.0 Å². The number of aryl methyl sites for hydroxylation is 1. The Bertz CT molecular complexity index is 681. The van der Waals surface area contributed by atoms with Crippen LogP contribution in [0.25, 0.3) is 0 Å². The first kappa shape index (κ1) is 28.9. The van der Waals surface area contributed by atoms with Crippen molar-refractivity contribution in [2.45, 2.75) is 38.5 Å². The third-order valence-electron chi connectivity index (χ3n) is 5.93. The van der Waals surface area contributed by atoms with Crippen molar-refractivity contribution in [1.82, 2.24) is 15.5 Å². The van der Waals surface area contributed by atoms with Gasteiger partial charge in [0.15, 0.2) is 5.96 Å². The molecule has 1 aromatic rings. The summed E-state index contributed by atoms with van der Waals surface area (Å²) in [6.07, 6.45) is 2.93. The molecule has 184 valence electrons. The largest absolute Gasteiger partial charge is 0.496 e. The maximum absolute atomic E-state index is 5.73. The van der Waals surface area contributed by atoms with Crippen LogP contribution < -0.4 is 15.4 Å². The summed E-state index contributed by atoms with van der Waals surface area (Å²) in [5.41, 5.74) is 2.41. The number of hydrogen-bond acceptors (Lipinski definition) is 5. The van der Waals surface area contributed by atoms with Crippen LogP contribution in [0.3, 0.4) is 0 Å². The Morgan fingerprint density at radius 3 is 2.59 bits per heavy atom. The highest BCUT2D eigenvalue weighted by molar-refractivity contribution is 14.0. The molecule has 1 fully saturated rings. The second kappa shape index (κ2) is 15.7. The summed E-state index contributed by atoms with van der Waals surface area (Å²) >= 11 is 0. The highest BCUT2D eigenvalue weighted by Gasteiger charge is 2.37. The van der Waals surface area contributed by atoms with Crippen LogP contribution in [0.5, 0.6) is 5.75 Å². The SMILES string of the molecule is CCNC(=NCC1(c2cc(C)ccc2OC)CCOCC1)NCCN(C)CCCOC.I. The topological polar surface area (TPSA) is 67.4 Å². The molecule has 0 unspecified atom stereocenters. The summed E-state index contributed by atoms with van der Waals surface area (Å²) in [7, 11) is 5.64. The molecule has 8 heteroatoms. The Morgan fingerprint density at radius 1 is 1.19 bits per heavy atom. The van der Waals surface area contributed by atoms with Gasteiger partial charge in [0, 0.05) is 64.1 Å². The molecule has 7 nitrogen and oxygen atoms in total. The molecule has 0 aliphatic carbocycles. The summed E-state index contributed by atoms with van der Waals surface area (Å²) in [6, 6.07) is 6.44. The van der Waals surface area contributed by atoms with E-state index in [0.29, 0.717) is 6.54 Å². The van der Waals surface area contributed by atoms with Crippen molar-refractivity contribution in [3.05, 3.63) is 29.3 Å². The Kier molecular flexibility index (Phi) is 14.2. The zero-order valence-electron chi connectivity index (χ0n) is 20.5. The van der Waals surface area contributed by atoms with Crippen LogP contribution in [0.1, 0.15) is 37.3 Å². The normalized spacial score (nSPS) is 15.9. The predicted octanol–water partition coefficient (Wildman–Crippen LogP) is 3.19. The van der Waals surface area contributed by atoms with Crippen molar-refractivity contribution >= 4 is 29.9 Å². The molecule has 1 heterocycles. The van der Waals surface area contributed by atoms with Crippen LogP contribution in [0, 0.1) is 6.92 Å². The molecule has 2 rings (SSSR count). The number of likely N-dealkylation sites (N-methyl/N-ethyl adjacent to an activating group) is 1. The van der Waals surface area contributed by atoms with Gasteiger partial charge in [0.1, 0.15) is 5.75 Å². The number of halogens is 1. The van der Waals surface area contributed by atoms with Crippen LogP contribution in [0.4, 0.5) is 0 Å². The molecule has 0 spiro atoms. The average molecular weight is 563 g/mol. The van der Waals surface area contributed by atoms with Gasteiger partial charge in [-0.3, -0.25) is 4.99 Å². The van der Waals surface area contributed by atoms with Gasteiger partial charge >= 0.3 is 0 Å². The van der Waals surface area contributed by atoms with Crippen LogP contribution in [0.15, 0.2) is 23.2 Å². The lowest BCUT2D eigenvalue weighted by Crippen LogP contribution is -2.43. The van der Waals surface area contributed by atoms with Crippen LogP contribution in [-0.2, 0) is 14.9 Å². The minimum absolute atomic E-state index is 0. The molecule has 0 radical (unpaired) electrons. The number of nitrogens with zero attached hydrogens (tertiary/aromatic N) is 2. The van der Waals surface area contributed by atoms with Crippen molar-refractivity contribution < 1.29 is 14.2 Å². The zero-order valence-corrected chi connectivity index (χ0v) is 22.9. The molecule has 2 N–H and O–H groups in total. The van der Waals surface area contributed by atoms with Gasteiger partial charge in [-0.05, 0) is 46.2 Å². The van der Waals surface area contributed by atoms with Gasteiger partial charge < -0.3 is 29.7 Å². The number of hydrogen-bond donors (Lipinski definition) is 2. The Hall–Kier alpha value is -1.10. The van der Waals surface area contributed by atoms with E-state index in [-0.39, 0.29) is 29.4 Å². The fraction of sp³-hybridized carbons (Fsp3) is 0.708. The summed E-state index contributed by atoms with van der Waals surface area (Å²) in [5.74, 6) is 1.81. The maximum Gasteiger partial charge on any atom is 0.191 e. The monoisotopic (exact) mass is 562 g/mol. The van der Waals surface area contributed by atoms with E-state index in [2.05, 4.69) is 54.6 Å². The van der Waals surface area contributed by atoms with Gasteiger partial charge in [0.25, 0.3) is 0 Å². The minimum atomic E-state index is -0.0745. The highest BCUT2D eigenvalue weighted by atomic mass is 127. The summed E-state index contributed by atoms with van der Waals surface area (Å²) in [4.78, 5) is 7.32. The molecule has 0 atom stereocenters. The average Bonchev–Trinajstić information content (AvgIpc) is 2.78. The predicted molar refractivity (Wildman–Crippen MR) is 143 cm³/mol. The fourth-order valence-corrected chi connectivity index (χ4v) is 4.04. The fourth-order valence-electron chi connectivity index (χ4n) is 4.04. The quantitative estimate of drug-likeness (QED) is 0.177. The van der Waals surface area contributed by atoms with E-state index in [4.69, 9.17) is 19.2 Å². The molecule has 0 aromatic heterocycles. The van der Waals surface area contributed by atoms with Crippen LogP contribution >= 0.6 is 24.0 Å². The number of ether oxygens (including phenoxy) is 3. The van der Waals surface area contributed by atoms with E-state index in [1.54, 1.807) is 14.2 Å². The van der Waals surface area contributed by atoms with Gasteiger partial charge in [-0.2, -0.15) is 0 Å². The van der Waals surface area contributed by atoms with Gasteiger partial charge in [0.2, 0.25) is 0 Å². The number of methoxy groups -OCH3 is 2. The number of aliphatic imine (C=N–C) groups is 1. The lowest BCUT2D eigenvalue weighted by atomic mass is 9.73. The molecule has 0 amide bonds. The van der Waals surface area contributed by atoms with Crippen LogP contribution in [0.2, 0.25) is 0 Å². The number of nitrogens with one attached hydrogen (secondary N) is 2. The molecule has 1 saturated heterocycles. The Balaban J connectivity index is 0.00000512. The van der Waals surface area contributed by atoms with Gasteiger partial charge in [-0.25, -0.2) is 0 Å². The van der Waals surface area contributed by atoms with Gasteiger partial charge in [0.05, 0.1) is 13.7 Å². The second-order valence-corrected chi connectivity index (χ2v) is 8.37. The minimum Gasteiger partial charge on any atom is -0.496 e. The summed E-state index contributed by atoms with van der Waals surface area (Å²) in [5, 5.41) is 6.89. The van der Waals surface area contributed by atoms with Crippen molar-refractivity contribution in [2.75, 3.05) is 73.8 Å². The molecule has 1 aromatic carbocycles. The third-order valence-corrected chi connectivity index (χ3v) is 5.93. The Labute approximate surface area is 211 Å². The molecule has 0 saturated carbocycles. The van der Waals surface area contributed by atoms with E-state index in [1.807, 2.05) is 0 Å². The van der Waals surface area contributed by atoms with Crippen molar-refractivity contribution in [3.63, 3.8) is 0 Å². The lowest BCUT2D eigenvalue weighted by Gasteiger charge is -2.37. The summed E-state index contributed by atoms with van der Waals surface area (Å²) < 4.78 is 16.6. The van der Waals surface area contributed by atoms with E-state index in [1.165, 1.54) is 11.1 Å². The van der Waals surface area contributed by atoms with E-state index in [0.717, 1.165) is 77.0 Å². The van der Waals surface area contributed by atoms with E-state index < -0.39 is 0 Å². The number of benzene rings is 1. The first-order valence-corrected chi connectivity index (χ1v) is 11.5. The Morgan fingerprint density at radius 2 is 1.94 bits per heavy atom. The standard InChI is InChI=1S/C24H42N4O3.HI/c1-6-25-23(26-12-14-28(3)13-7-15-29-4)27-19-24(10-16-31-17-11-24)21-18-20(2)8-9-22(21)30-5;/h8-9,18H,6-7,10-17,19H2,1-5H3,(H2,25,26,27);1H. The molecule has 1 aliphatic rings. The first-order chi connectivity index (χ1) is 15.0.